The van der Waals surface area contributed by atoms with Crippen molar-refractivity contribution >= 4 is 12.1 Å². The molecule has 0 fully saturated rings. The van der Waals surface area contributed by atoms with Gasteiger partial charge in [0.2, 0.25) is 0 Å². The second kappa shape index (κ2) is 11.8. The van der Waals surface area contributed by atoms with Crippen LogP contribution in [0, 0.1) is 5.92 Å². The van der Waals surface area contributed by atoms with Gasteiger partial charge in [-0.2, -0.15) is 0 Å². The van der Waals surface area contributed by atoms with Crippen LogP contribution in [0.15, 0.2) is 0 Å². The summed E-state index contributed by atoms with van der Waals surface area (Å²) in [6.45, 7) is 6.68. The van der Waals surface area contributed by atoms with Gasteiger partial charge in [0.25, 0.3) is 0 Å². The maximum absolute atomic E-state index is 11.3. The van der Waals surface area contributed by atoms with Crippen molar-refractivity contribution in [3.63, 3.8) is 0 Å². The van der Waals surface area contributed by atoms with Crippen LogP contribution in [0.25, 0.3) is 0 Å². The molecule has 112 valence electrons. The Balaban J connectivity index is 3.41. The molecule has 0 saturated carbocycles. The Labute approximate surface area is 116 Å². The third-order valence-electron chi connectivity index (χ3n) is 2.44. The largest absolute Gasteiger partial charge is 0.464 e. The predicted octanol–water partition coefficient (Wildman–Crippen LogP) is 2.88. The number of hydrogen-bond donors (Lipinski definition) is 1. The van der Waals surface area contributed by atoms with Gasteiger partial charge in [0, 0.05) is 0 Å². The molecule has 0 heterocycles. The van der Waals surface area contributed by atoms with Crippen LogP contribution in [0.5, 0.6) is 0 Å². The van der Waals surface area contributed by atoms with Gasteiger partial charge in [-0.15, -0.1) is 0 Å². The van der Waals surface area contributed by atoms with E-state index >= 15 is 0 Å². The fraction of sp³-hybridized carbons (Fsp3) is 0.857. The first-order valence-corrected chi connectivity index (χ1v) is 7.12. The maximum Gasteiger partial charge on any atom is 0.407 e. The monoisotopic (exact) mass is 273 g/mol. The molecule has 0 spiro atoms. The highest BCUT2D eigenvalue weighted by Gasteiger charge is 2.07. The van der Waals surface area contributed by atoms with E-state index in [-0.39, 0.29) is 12.5 Å². The zero-order chi connectivity index (χ0) is 14.5. The van der Waals surface area contributed by atoms with E-state index in [1.54, 1.807) is 0 Å². The Hall–Kier alpha value is -1.26. The van der Waals surface area contributed by atoms with E-state index in [1.807, 2.05) is 13.8 Å². The summed E-state index contributed by atoms with van der Waals surface area (Å²) in [5.41, 5.74) is 0. The molecule has 19 heavy (non-hydrogen) atoms. The maximum atomic E-state index is 11.3. The second-order valence-electron chi connectivity index (χ2n) is 4.98. The third-order valence-corrected chi connectivity index (χ3v) is 2.44. The summed E-state index contributed by atoms with van der Waals surface area (Å²) >= 11 is 0. The summed E-state index contributed by atoms with van der Waals surface area (Å²) < 4.78 is 9.85. The fourth-order valence-corrected chi connectivity index (χ4v) is 1.38. The zero-order valence-electron chi connectivity index (χ0n) is 12.4. The summed E-state index contributed by atoms with van der Waals surface area (Å²) in [6, 6.07) is 0. The summed E-state index contributed by atoms with van der Waals surface area (Å²) in [4.78, 5) is 22.4. The van der Waals surface area contributed by atoms with Gasteiger partial charge in [-0.05, 0) is 12.3 Å². The Morgan fingerprint density at radius 1 is 1.05 bits per heavy atom. The van der Waals surface area contributed by atoms with E-state index in [4.69, 9.17) is 9.47 Å². The van der Waals surface area contributed by atoms with Crippen LogP contribution in [-0.4, -0.2) is 31.8 Å². The van der Waals surface area contributed by atoms with Crippen LogP contribution in [0.2, 0.25) is 0 Å². The molecule has 5 heteroatoms. The van der Waals surface area contributed by atoms with Crippen LogP contribution in [0.1, 0.15) is 52.9 Å². The molecule has 0 aromatic rings. The SMILES string of the molecule is CCCCCCCOC(=O)CNC(=O)OCC(C)C. The van der Waals surface area contributed by atoms with Gasteiger partial charge in [0.15, 0.2) is 0 Å². The van der Waals surface area contributed by atoms with E-state index in [9.17, 15) is 9.59 Å². The van der Waals surface area contributed by atoms with Gasteiger partial charge in [0.05, 0.1) is 13.2 Å². The Morgan fingerprint density at radius 3 is 2.37 bits per heavy atom. The number of rotatable bonds is 10. The number of hydrogen-bond acceptors (Lipinski definition) is 4. The Bertz CT molecular complexity index is 254. The summed E-state index contributed by atoms with van der Waals surface area (Å²) in [5, 5.41) is 2.36. The lowest BCUT2D eigenvalue weighted by molar-refractivity contribution is -0.142. The van der Waals surface area contributed by atoms with Gasteiger partial charge in [-0.1, -0.05) is 46.5 Å². The molecule has 0 unspecified atom stereocenters. The first-order chi connectivity index (χ1) is 9.06. The van der Waals surface area contributed by atoms with Crippen LogP contribution >= 0.6 is 0 Å². The summed E-state index contributed by atoms with van der Waals surface area (Å²) in [6.07, 6.45) is 4.97. The minimum atomic E-state index is -0.575. The molecule has 5 nitrogen and oxygen atoms in total. The van der Waals surface area contributed by atoms with Gasteiger partial charge in [0.1, 0.15) is 6.54 Å². The van der Waals surface area contributed by atoms with Crippen molar-refractivity contribution < 1.29 is 19.1 Å². The lowest BCUT2D eigenvalue weighted by atomic mass is 10.2. The van der Waals surface area contributed by atoms with Crippen molar-refractivity contribution in [2.75, 3.05) is 19.8 Å². The highest BCUT2D eigenvalue weighted by Crippen LogP contribution is 2.02. The van der Waals surface area contributed by atoms with Gasteiger partial charge < -0.3 is 14.8 Å². The van der Waals surface area contributed by atoms with Crippen molar-refractivity contribution in [2.24, 2.45) is 5.92 Å². The van der Waals surface area contributed by atoms with E-state index < -0.39 is 12.1 Å². The number of nitrogens with one attached hydrogen (secondary N) is 1. The third kappa shape index (κ3) is 13.0. The topological polar surface area (TPSA) is 64.6 Å². The number of ether oxygens (including phenoxy) is 2. The van der Waals surface area contributed by atoms with E-state index in [0.717, 1.165) is 12.8 Å². The van der Waals surface area contributed by atoms with E-state index in [1.165, 1.54) is 19.3 Å². The normalized spacial score (nSPS) is 10.3. The number of unbranched alkanes of at least 4 members (excludes halogenated alkanes) is 4. The summed E-state index contributed by atoms with van der Waals surface area (Å²) in [5.74, 6) is -0.141. The zero-order valence-corrected chi connectivity index (χ0v) is 12.4. The molecule has 0 rings (SSSR count). The molecule has 0 aliphatic rings. The molecule has 0 radical (unpaired) electrons. The van der Waals surface area contributed by atoms with Crippen LogP contribution in [0.4, 0.5) is 4.79 Å². The molecular weight excluding hydrogens is 246 g/mol. The number of amides is 1. The van der Waals surface area contributed by atoms with Crippen molar-refractivity contribution in [2.45, 2.75) is 52.9 Å². The van der Waals surface area contributed by atoms with Gasteiger partial charge in [-0.3, -0.25) is 4.79 Å². The van der Waals surface area contributed by atoms with E-state index in [2.05, 4.69) is 12.2 Å². The molecule has 0 aromatic heterocycles. The molecule has 0 saturated heterocycles. The molecule has 0 aromatic carbocycles. The average molecular weight is 273 g/mol. The molecule has 0 bridgehead atoms. The van der Waals surface area contributed by atoms with Crippen molar-refractivity contribution in [3.05, 3.63) is 0 Å². The predicted molar refractivity (Wildman–Crippen MR) is 73.9 cm³/mol. The minimum Gasteiger partial charge on any atom is -0.464 e. The minimum absolute atomic E-state index is 0.133. The lowest BCUT2D eigenvalue weighted by Crippen LogP contribution is -2.32. The van der Waals surface area contributed by atoms with Gasteiger partial charge in [-0.25, -0.2) is 4.79 Å². The number of alkyl carbamates (subject to hydrolysis) is 1. The first-order valence-electron chi connectivity index (χ1n) is 7.12. The number of esters is 1. The van der Waals surface area contributed by atoms with Crippen molar-refractivity contribution in [3.8, 4) is 0 Å². The van der Waals surface area contributed by atoms with E-state index in [0.29, 0.717) is 13.2 Å². The smallest absolute Gasteiger partial charge is 0.407 e. The molecule has 1 amide bonds. The highest BCUT2D eigenvalue weighted by atomic mass is 16.6. The first kappa shape index (κ1) is 17.7. The molecule has 1 N–H and O–H groups in total. The van der Waals surface area contributed by atoms with Crippen LogP contribution in [0.3, 0.4) is 0 Å². The molecule has 0 aliphatic heterocycles. The van der Waals surface area contributed by atoms with Crippen molar-refractivity contribution in [1.82, 2.24) is 5.32 Å². The molecular formula is C14H27NO4. The Kier molecular flexibility index (Phi) is 11.0. The fourth-order valence-electron chi connectivity index (χ4n) is 1.38. The standard InChI is InChI=1S/C14H27NO4/c1-4-5-6-7-8-9-18-13(16)10-15-14(17)19-11-12(2)3/h12H,4-11H2,1-3H3,(H,15,17). The highest BCUT2D eigenvalue weighted by molar-refractivity contribution is 5.77. The van der Waals surface area contributed by atoms with Crippen molar-refractivity contribution in [1.29, 1.82) is 0 Å². The quantitative estimate of drug-likeness (QED) is 0.491. The summed E-state index contributed by atoms with van der Waals surface area (Å²) in [7, 11) is 0. The van der Waals surface area contributed by atoms with Crippen LogP contribution in [-0.2, 0) is 14.3 Å². The van der Waals surface area contributed by atoms with Crippen LogP contribution < -0.4 is 5.32 Å². The van der Waals surface area contributed by atoms with Gasteiger partial charge >= 0.3 is 12.1 Å². The molecule has 0 aliphatic carbocycles. The number of carbonyl (C=O) groups is 2. The average Bonchev–Trinajstić information content (AvgIpc) is 2.38. The number of carbonyl (C=O) groups excluding carboxylic acids is 2. The molecule has 0 atom stereocenters. The Morgan fingerprint density at radius 2 is 1.74 bits per heavy atom. The lowest BCUT2D eigenvalue weighted by Gasteiger charge is -2.08. The second-order valence-corrected chi connectivity index (χ2v) is 4.98.